The highest BCUT2D eigenvalue weighted by atomic mass is 32.2. The molecule has 8 heteroatoms. The van der Waals surface area contributed by atoms with Crippen molar-refractivity contribution < 1.29 is 14.3 Å². The van der Waals surface area contributed by atoms with Gasteiger partial charge < -0.3 is 4.74 Å². The predicted molar refractivity (Wildman–Crippen MR) is 103 cm³/mol. The first-order valence-corrected chi connectivity index (χ1v) is 9.44. The second-order valence-electron chi connectivity index (χ2n) is 5.84. The standard InChI is InChI=1S/C19H16N4O3S/c1-26-14-10-6-4-8-12(14)16(24)17-20-13-9-5-3-7-11(13)15-18(25)21-19(27-2)22-23(15)17/h3-10,17H,1-2H3,(H,21,22,25)/t17-/m1/s1. The second kappa shape index (κ2) is 6.88. The van der Waals surface area contributed by atoms with Crippen molar-refractivity contribution in [2.75, 3.05) is 13.4 Å². The summed E-state index contributed by atoms with van der Waals surface area (Å²) in [5.74, 6) is -0.151. The lowest BCUT2D eigenvalue weighted by molar-refractivity contribution is -0.115. The molecule has 1 N–H and O–H groups in total. The van der Waals surface area contributed by atoms with Crippen LogP contribution in [-0.4, -0.2) is 41.4 Å². The molecular formula is C19H16N4O3S. The maximum Gasteiger partial charge on any atom is 0.276 e. The van der Waals surface area contributed by atoms with E-state index < -0.39 is 6.17 Å². The van der Waals surface area contributed by atoms with E-state index in [1.165, 1.54) is 23.9 Å². The van der Waals surface area contributed by atoms with Gasteiger partial charge in [-0.3, -0.25) is 14.9 Å². The van der Waals surface area contributed by atoms with Gasteiger partial charge in [0, 0.05) is 5.22 Å². The van der Waals surface area contributed by atoms with E-state index in [1.807, 2.05) is 12.1 Å². The average molecular weight is 380 g/mol. The van der Waals surface area contributed by atoms with Gasteiger partial charge in [-0.05, 0) is 24.5 Å². The van der Waals surface area contributed by atoms with Gasteiger partial charge in [0.1, 0.15) is 11.4 Å². The molecule has 2 aliphatic heterocycles. The largest absolute Gasteiger partial charge is 0.496 e. The zero-order valence-electron chi connectivity index (χ0n) is 14.7. The Labute approximate surface area is 159 Å². The number of carbonyl (C=O) groups excluding carboxylic acids is 2. The zero-order chi connectivity index (χ0) is 19.0. The summed E-state index contributed by atoms with van der Waals surface area (Å²) in [5, 5.41) is 10.2. The average Bonchev–Trinajstić information content (AvgIpc) is 2.72. The highest BCUT2D eigenvalue weighted by Crippen LogP contribution is 2.26. The fraction of sp³-hybridized carbons (Fsp3) is 0.158. The smallest absolute Gasteiger partial charge is 0.276 e. The summed E-state index contributed by atoms with van der Waals surface area (Å²) >= 11 is 1.29. The quantitative estimate of drug-likeness (QED) is 0.793. The van der Waals surface area contributed by atoms with Gasteiger partial charge in [0.05, 0.1) is 18.0 Å². The molecule has 0 bridgehead atoms. The van der Waals surface area contributed by atoms with Crippen molar-refractivity contribution >= 4 is 34.3 Å². The van der Waals surface area contributed by atoms with Crippen LogP contribution in [0, 0.1) is 0 Å². The normalized spacial score (nSPS) is 17.9. The van der Waals surface area contributed by atoms with E-state index in [9.17, 15) is 9.59 Å². The van der Waals surface area contributed by atoms with Gasteiger partial charge in [0.15, 0.2) is 5.17 Å². The highest BCUT2D eigenvalue weighted by Gasteiger charge is 2.38. The van der Waals surface area contributed by atoms with Gasteiger partial charge in [0.2, 0.25) is 11.9 Å². The minimum Gasteiger partial charge on any atom is -0.496 e. The Balaban J connectivity index is 1.92. The number of rotatable bonds is 3. The van der Waals surface area contributed by atoms with Crippen molar-refractivity contribution in [3.63, 3.8) is 0 Å². The van der Waals surface area contributed by atoms with E-state index in [0.29, 0.717) is 32.8 Å². The van der Waals surface area contributed by atoms with E-state index >= 15 is 0 Å². The molecule has 2 aliphatic rings. The summed E-state index contributed by atoms with van der Waals surface area (Å²) in [6.07, 6.45) is 0.815. The maximum absolute atomic E-state index is 13.3. The van der Waals surface area contributed by atoms with Crippen molar-refractivity contribution in [3.05, 3.63) is 64.7 Å². The van der Waals surface area contributed by atoms with Crippen molar-refractivity contribution in [1.29, 1.82) is 0 Å². The summed E-state index contributed by atoms with van der Waals surface area (Å²) in [6.45, 7) is 0. The number of nitrogens with zero attached hydrogens (tertiary/aromatic N) is 3. The van der Waals surface area contributed by atoms with E-state index in [0.717, 1.165) is 0 Å². The number of methoxy groups -OCH3 is 1. The van der Waals surface area contributed by atoms with Crippen LogP contribution in [0.15, 0.2) is 58.6 Å². The molecule has 2 aromatic rings. The second-order valence-corrected chi connectivity index (χ2v) is 6.64. The molecule has 1 amide bonds. The number of ketones is 1. The number of fused-ring (bicyclic) bond motifs is 2. The fourth-order valence-corrected chi connectivity index (χ4v) is 3.44. The van der Waals surface area contributed by atoms with Crippen LogP contribution in [0.25, 0.3) is 5.70 Å². The molecule has 1 atom stereocenters. The van der Waals surface area contributed by atoms with Crippen molar-refractivity contribution in [1.82, 2.24) is 10.3 Å². The molecule has 0 spiro atoms. The lowest BCUT2D eigenvalue weighted by Crippen LogP contribution is -2.54. The number of nitrogens with one attached hydrogen (secondary N) is 1. The third-order valence-corrected chi connectivity index (χ3v) is 4.89. The molecule has 0 unspecified atom stereocenters. The van der Waals surface area contributed by atoms with Crippen LogP contribution < -0.4 is 20.6 Å². The van der Waals surface area contributed by atoms with Crippen molar-refractivity contribution in [2.45, 2.75) is 6.17 Å². The molecule has 27 heavy (non-hydrogen) atoms. The lowest BCUT2D eigenvalue weighted by Gasteiger charge is -2.33. The topological polar surface area (TPSA) is 83.4 Å². The minimum absolute atomic E-state index is 0.293. The molecule has 0 aromatic heterocycles. The fourth-order valence-electron chi connectivity index (χ4n) is 3.08. The van der Waals surface area contributed by atoms with E-state index in [4.69, 9.17) is 4.74 Å². The van der Waals surface area contributed by atoms with Crippen molar-refractivity contribution in [3.8, 4) is 5.75 Å². The number of hydrogen-bond donors (Lipinski definition) is 1. The molecule has 0 radical (unpaired) electrons. The van der Waals surface area contributed by atoms with Crippen LogP contribution in [0.3, 0.4) is 0 Å². The Morgan fingerprint density at radius 3 is 2.70 bits per heavy atom. The maximum atomic E-state index is 13.3. The SMILES string of the molecule is COc1ccccc1C(=O)[C@@H]1N=c2ccccc2=C2C(=O)NC(SC)=NN21. The van der Waals surface area contributed by atoms with E-state index in [2.05, 4.69) is 15.4 Å². The van der Waals surface area contributed by atoms with E-state index in [-0.39, 0.29) is 11.7 Å². The molecule has 2 heterocycles. The van der Waals surface area contributed by atoms with Gasteiger partial charge in [-0.1, -0.05) is 42.1 Å². The summed E-state index contributed by atoms with van der Waals surface area (Å²) in [7, 11) is 1.51. The van der Waals surface area contributed by atoms with Gasteiger partial charge >= 0.3 is 0 Å². The van der Waals surface area contributed by atoms with Crippen LogP contribution in [-0.2, 0) is 4.79 Å². The van der Waals surface area contributed by atoms with Crippen LogP contribution in [0.5, 0.6) is 5.75 Å². The third kappa shape index (κ3) is 2.87. The van der Waals surface area contributed by atoms with Gasteiger partial charge in [-0.2, -0.15) is 0 Å². The number of hydrazone groups is 1. The molecule has 0 aliphatic carbocycles. The Hall–Kier alpha value is -3.13. The van der Waals surface area contributed by atoms with Gasteiger partial charge in [0.25, 0.3) is 5.91 Å². The summed E-state index contributed by atoms with van der Waals surface area (Å²) in [5.41, 5.74) is 0.700. The number of hydrogen-bond acceptors (Lipinski definition) is 7. The Morgan fingerprint density at radius 2 is 1.93 bits per heavy atom. The number of thioether (sulfide) groups is 1. The first kappa shape index (κ1) is 17.3. The number of amides is 1. The summed E-state index contributed by atoms with van der Waals surface area (Å²) in [4.78, 5) is 30.6. The molecule has 0 saturated heterocycles. The predicted octanol–water partition coefficient (Wildman–Crippen LogP) is 0.711. The monoisotopic (exact) mass is 380 g/mol. The Kier molecular flexibility index (Phi) is 4.41. The van der Waals surface area contributed by atoms with Gasteiger partial charge in [-0.25, -0.2) is 10.0 Å². The van der Waals surface area contributed by atoms with Gasteiger partial charge in [-0.15, -0.1) is 5.10 Å². The first-order valence-electron chi connectivity index (χ1n) is 8.21. The zero-order valence-corrected chi connectivity index (χ0v) is 15.5. The van der Waals surface area contributed by atoms with Crippen LogP contribution >= 0.6 is 11.8 Å². The number of benzene rings is 2. The summed E-state index contributed by atoms with van der Waals surface area (Å²) in [6, 6.07) is 14.2. The Morgan fingerprint density at radius 1 is 1.19 bits per heavy atom. The lowest BCUT2D eigenvalue weighted by atomic mass is 10.0. The number of carbonyl (C=O) groups is 2. The number of amidine groups is 1. The first-order chi connectivity index (χ1) is 13.1. The molecule has 0 fully saturated rings. The molecule has 4 rings (SSSR count). The number of ether oxygens (including phenoxy) is 1. The van der Waals surface area contributed by atoms with Crippen LogP contribution in [0.4, 0.5) is 0 Å². The molecule has 136 valence electrons. The van der Waals surface area contributed by atoms with Crippen molar-refractivity contribution in [2.24, 2.45) is 10.1 Å². The van der Waals surface area contributed by atoms with Crippen LogP contribution in [0.2, 0.25) is 0 Å². The summed E-state index contributed by atoms with van der Waals surface area (Å²) < 4.78 is 5.32. The number of Topliss-reactive ketones (excluding diaryl/α,β-unsaturated/α-hetero) is 1. The van der Waals surface area contributed by atoms with Crippen LogP contribution in [0.1, 0.15) is 10.4 Å². The molecule has 7 nitrogen and oxygen atoms in total. The minimum atomic E-state index is -0.987. The Bertz CT molecular complexity index is 1100. The third-order valence-electron chi connectivity index (χ3n) is 4.32. The number of para-hydroxylation sites is 2. The molecule has 0 saturated carbocycles. The molecule has 2 aromatic carbocycles. The van der Waals surface area contributed by atoms with E-state index in [1.54, 1.807) is 42.7 Å². The molecular weight excluding hydrogens is 364 g/mol. The highest BCUT2D eigenvalue weighted by molar-refractivity contribution is 8.13.